The molecule has 1 atom stereocenters. The molecule has 4 heterocycles. The number of rotatable bonds is 5. The van der Waals surface area contributed by atoms with Crippen LogP contribution in [0.3, 0.4) is 0 Å². The summed E-state index contributed by atoms with van der Waals surface area (Å²) in [7, 11) is 0. The number of carbonyl (C=O) groups is 1. The minimum atomic E-state index is -0.107. The minimum Gasteiger partial charge on any atom is -0.371 e. The molecule has 4 rings (SSSR count). The molecule has 25 heavy (non-hydrogen) atoms. The van der Waals surface area contributed by atoms with Gasteiger partial charge in [0.1, 0.15) is 5.60 Å². The lowest BCUT2D eigenvalue weighted by atomic mass is 9.82. The Balaban J connectivity index is 1.20. The van der Waals surface area contributed by atoms with Gasteiger partial charge in [-0.25, -0.2) is 9.97 Å². The van der Waals surface area contributed by atoms with E-state index in [0.717, 1.165) is 44.6 Å². The first-order valence-electron chi connectivity index (χ1n) is 8.66. The zero-order valence-corrected chi connectivity index (χ0v) is 14.9. The molecule has 132 valence electrons. The molecule has 1 amide bonds. The zero-order valence-electron chi connectivity index (χ0n) is 14.1. The Morgan fingerprint density at radius 2 is 2.24 bits per heavy atom. The Morgan fingerprint density at radius 3 is 2.92 bits per heavy atom. The van der Waals surface area contributed by atoms with E-state index < -0.39 is 0 Å². The lowest BCUT2D eigenvalue weighted by Crippen LogP contribution is -2.66. The smallest absolute Gasteiger partial charge is 0.227 e. The first-order chi connectivity index (χ1) is 12.2. The van der Waals surface area contributed by atoms with Crippen molar-refractivity contribution in [2.45, 2.75) is 24.9 Å². The van der Waals surface area contributed by atoms with E-state index in [1.165, 1.54) is 0 Å². The van der Waals surface area contributed by atoms with Crippen LogP contribution in [-0.4, -0.2) is 52.6 Å². The fraction of sp³-hybridized carbons (Fsp3) is 0.500. The van der Waals surface area contributed by atoms with Crippen LogP contribution in [0.15, 0.2) is 35.3 Å². The molecule has 2 fully saturated rings. The van der Waals surface area contributed by atoms with Crippen LogP contribution in [0.5, 0.6) is 0 Å². The molecule has 2 aromatic rings. The number of amides is 1. The SMILES string of the molecule is O=C(Cc1ccsc1)N1CC2(CCC(CNc3ncccn3)CO2)C1. The van der Waals surface area contributed by atoms with Crippen molar-refractivity contribution in [2.75, 3.05) is 31.6 Å². The van der Waals surface area contributed by atoms with Crippen molar-refractivity contribution < 1.29 is 9.53 Å². The van der Waals surface area contributed by atoms with Crippen LogP contribution in [0.25, 0.3) is 0 Å². The molecule has 7 heteroatoms. The third kappa shape index (κ3) is 3.82. The molecular weight excluding hydrogens is 336 g/mol. The lowest BCUT2D eigenvalue weighted by Gasteiger charge is -2.52. The molecule has 2 aliphatic heterocycles. The Kier molecular flexibility index (Phi) is 4.67. The van der Waals surface area contributed by atoms with Gasteiger partial charge in [0.15, 0.2) is 0 Å². The Hall–Kier alpha value is -1.99. The maximum Gasteiger partial charge on any atom is 0.227 e. The van der Waals surface area contributed by atoms with Gasteiger partial charge >= 0.3 is 0 Å². The van der Waals surface area contributed by atoms with Crippen molar-refractivity contribution in [3.8, 4) is 0 Å². The van der Waals surface area contributed by atoms with E-state index in [9.17, 15) is 4.79 Å². The van der Waals surface area contributed by atoms with Crippen molar-refractivity contribution in [3.63, 3.8) is 0 Å². The molecule has 2 saturated heterocycles. The van der Waals surface area contributed by atoms with Crippen molar-refractivity contribution in [1.29, 1.82) is 0 Å². The molecule has 1 unspecified atom stereocenters. The molecule has 0 aromatic carbocycles. The molecule has 0 saturated carbocycles. The molecule has 2 aliphatic rings. The standard InChI is InChI=1S/C18H22N4O2S/c23-16(8-14-3-7-25-11-14)22-12-18(13-22)4-2-15(10-24-18)9-21-17-19-5-1-6-20-17/h1,3,5-7,11,15H,2,4,8-10,12-13H2,(H,19,20,21). The number of hydrogen-bond donors (Lipinski definition) is 1. The molecule has 0 aliphatic carbocycles. The van der Waals surface area contributed by atoms with Gasteiger partial charge in [0.05, 0.1) is 26.1 Å². The van der Waals surface area contributed by atoms with Gasteiger partial charge in [0, 0.05) is 18.9 Å². The number of carbonyl (C=O) groups excluding carboxylic acids is 1. The number of thiophene rings is 1. The lowest BCUT2D eigenvalue weighted by molar-refractivity contribution is -0.187. The van der Waals surface area contributed by atoms with E-state index in [1.807, 2.05) is 21.7 Å². The highest BCUT2D eigenvalue weighted by Gasteiger charge is 2.48. The first kappa shape index (κ1) is 16.5. The summed E-state index contributed by atoms with van der Waals surface area (Å²) in [5.74, 6) is 1.33. The topological polar surface area (TPSA) is 67.4 Å². The highest BCUT2D eigenvalue weighted by atomic mass is 32.1. The molecule has 6 nitrogen and oxygen atoms in total. The third-order valence-electron chi connectivity index (χ3n) is 4.99. The molecule has 1 spiro atoms. The average molecular weight is 358 g/mol. The largest absolute Gasteiger partial charge is 0.371 e. The molecule has 0 bridgehead atoms. The van der Waals surface area contributed by atoms with Gasteiger partial charge in [-0.3, -0.25) is 4.79 Å². The Labute approximate surface area is 151 Å². The molecule has 0 radical (unpaired) electrons. The highest BCUT2D eigenvalue weighted by molar-refractivity contribution is 7.08. The van der Waals surface area contributed by atoms with Gasteiger partial charge < -0.3 is 15.0 Å². The van der Waals surface area contributed by atoms with Crippen molar-refractivity contribution >= 4 is 23.2 Å². The third-order valence-corrected chi connectivity index (χ3v) is 5.73. The van der Waals surface area contributed by atoms with Crippen LogP contribution in [0.4, 0.5) is 5.95 Å². The van der Waals surface area contributed by atoms with Gasteiger partial charge in [0.2, 0.25) is 11.9 Å². The van der Waals surface area contributed by atoms with Crippen LogP contribution in [0.2, 0.25) is 0 Å². The van der Waals surface area contributed by atoms with E-state index in [4.69, 9.17) is 4.74 Å². The fourth-order valence-electron chi connectivity index (χ4n) is 3.46. The number of anilines is 1. The summed E-state index contributed by atoms with van der Waals surface area (Å²) in [5.41, 5.74) is 0.999. The van der Waals surface area contributed by atoms with E-state index in [0.29, 0.717) is 18.3 Å². The minimum absolute atomic E-state index is 0.107. The quantitative estimate of drug-likeness (QED) is 0.887. The average Bonchev–Trinajstić information content (AvgIpc) is 3.12. The maximum absolute atomic E-state index is 12.3. The van der Waals surface area contributed by atoms with Crippen LogP contribution < -0.4 is 5.32 Å². The molecule has 2 aromatic heterocycles. The normalized spacial score (nSPS) is 21.8. The first-order valence-corrected chi connectivity index (χ1v) is 9.60. The summed E-state index contributed by atoms with van der Waals surface area (Å²) in [4.78, 5) is 22.6. The van der Waals surface area contributed by atoms with Crippen LogP contribution in [0.1, 0.15) is 18.4 Å². The number of nitrogens with one attached hydrogen (secondary N) is 1. The number of ether oxygens (including phenoxy) is 1. The summed E-state index contributed by atoms with van der Waals surface area (Å²) in [6, 6.07) is 3.82. The molecular formula is C18H22N4O2S. The predicted molar refractivity (Wildman–Crippen MR) is 96.5 cm³/mol. The second kappa shape index (κ2) is 7.09. The highest BCUT2D eigenvalue weighted by Crippen LogP contribution is 2.36. The predicted octanol–water partition coefficient (Wildman–Crippen LogP) is 2.20. The zero-order chi connectivity index (χ0) is 17.1. The second-order valence-corrected chi connectivity index (χ2v) is 7.69. The number of hydrogen-bond acceptors (Lipinski definition) is 6. The fourth-order valence-corrected chi connectivity index (χ4v) is 4.13. The maximum atomic E-state index is 12.3. The van der Waals surface area contributed by atoms with Gasteiger partial charge in [0.25, 0.3) is 0 Å². The van der Waals surface area contributed by atoms with Crippen molar-refractivity contribution in [2.24, 2.45) is 5.92 Å². The number of likely N-dealkylation sites (tertiary alicyclic amines) is 1. The Bertz CT molecular complexity index is 691. The van der Waals surface area contributed by atoms with Gasteiger partial charge in [-0.1, -0.05) is 0 Å². The number of aromatic nitrogens is 2. The van der Waals surface area contributed by atoms with Crippen LogP contribution in [0, 0.1) is 5.92 Å². The summed E-state index contributed by atoms with van der Waals surface area (Å²) in [5, 5.41) is 7.32. The van der Waals surface area contributed by atoms with Gasteiger partial charge in [-0.2, -0.15) is 11.3 Å². The summed E-state index contributed by atoms with van der Waals surface area (Å²) in [6.45, 7) is 3.02. The van der Waals surface area contributed by atoms with Gasteiger partial charge in [-0.05, 0) is 47.2 Å². The Morgan fingerprint density at radius 1 is 1.40 bits per heavy atom. The van der Waals surface area contributed by atoms with E-state index in [1.54, 1.807) is 29.8 Å². The summed E-state index contributed by atoms with van der Waals surface area (Å²) < 4.78 is 6.15. The molecule has 1 N–H and O–H groups in total. The second-order valence-electron chi connectivity index (χ2n) is 6.91. The van der Waals surface area contributed by atoms with Crippen LogP contribution in [-0.2, 0) is 16.0 Å². The van der Waals surface area contributed by atoms with Crippen molar-refractivity contribution in [1.82, 2.24) is 14.9 Å². The monoisotopic (exact) mass is 358 g/mol. The summed E-state index contributed by atoms with van der Waals surface area (Å²) in [6.07, 6.45) is 6.09. The van der Waals surface area contributed by atoms with Gasteiger partial charge in [-0.15, -0.1) is 0 Å². The van der Waals surface area contributed by atoms with E-state index >= 15 is 0 Å². The van der Waals surface area contributed by atoms with Crippen molar-refractivity contribution in [3.05, 3.63) is 40.8 Å². The number of nitrogens with zero attached hydrogens (tertiary/aromatic N) is 3. The van der Waals surface area contributed by atoms with E-state index in [-0.39, 0.29) is 11.5 Å². The van der Waals surface area contributed by atoms with Crippen LogP contribution >= 0.6 is 11.3 Å². The van der Waals surface area contributed by atoms with E-state index in [2.05, 4.69) is 15.3 Å². The summed E-state index contributed by atoms with van der Waals surface area (Å²) >= 11 is 1.63.